The molecule has 0 aromatic carbocycles. The van der Waals surface area contributed by atoms with Crippen molar-refractivity contribution in [3.05, 3.63) is 11.1 Å². The van der Waals surface area contributed by atoms with E-state index in [1.165, 1.54) is 32.4 Å². The number of allylic oxidation sites excluding steroid dienone is 2. The lowest BCUT2D eigenvalue weighted by atomic mass is 9.76. The molecule has 1 heteroatoms. The first-order valence-electron chi connectivity index (χ1n) is 7.08. The summed E-state index contributed by atoms with van der Waals surface area (Å²) >= 11 is 0. The molecule has 1 fully saturated rings. The van der Waals surface area contributed by atoms with Crippen LogP contribution in [0.1, 0.15) is 60.8 Å². The fourth-order valence-electron chi connectivity index (χ4n) is 3.56. The fourth-order valence-corrected chi connectivity index (χ4v) is 3.56. The lowest BCUT2D eigenvalue weighted by Crippen LogP contribution is -2.22. The molecule has 0 bridgehead atoms. The zero-order valence-electron chi connectivity index (χ0n) is 12.5. The predicted molar refractivity (Wildman–Crippen MR) is 75.1 cm³/mol. The molecular formula is C16H29N. The highest BCUT2D eigenvalue weighted by Crippen LogP contribution is 2.55. The van der Waals surface area contributed by atoms with Gasteiger partial charge in [-0.3, -0.25) is 0 Å². The van der Waals surface area contributed by atoms with Gasteiger partial charge in [0.15, 0.2) is 0 Å². The maximum Gasteiger partial charge on any atom is 0.00144 e. The van der Waals surface area contributed by atoms with E-state index in [2.05, 4.69) is 46.9 Å². The standard InChI is InChI=1S/C16H29N/c1-14(2,3)12-9-16(7-8-17-11-16)10-13(12)15(4,5)6/h17H,7-11H2,1-6H3. The van der Waals surface area contributed by atoms with Gasteiger partial charge in [-0.1, -0.05) is 52.7 Å². The van der Waals surface area contributed by atoms with Gasteiger partial charge in [0.2, 0.25) is 0 Å². The monoisotopic (exact) mass is 235 g/mol. The Morgan fingerprint density at radius 2 is 1.35 bits per heavy atom. The van der Waals surface area contributed by atoms with E-state index in [1.54, 1.807) is 11.1 Å². The summed E-state index contributed by atoms with van der Waals surface area (Å²) in [5.41, 5.74) is 4.73. The molecule has 1 heterocycles. The molecule has 0 saturated carbocycles. The van der Waals surface area contributed by atoms with E-state index in [0.717, 1.165) is 0 Å². The minimum atomic E-state index is 0.342. The molecule has 1 N–H and O–H groups in total. The number of rotatable bonds is 0. The van der Waals surface area contributed by atoms with Crippen LogP contribution < -0.4 is 5.32 Å². The van der Waals surface area contributed by atoms with Gasteiger partial charge in [0.05, 0.1) is 0 Å². The van der Waals surface area contributed by atoms with E-state index < -0.39 is 0 Å². The highest BCUT2D eigenvalue weighted by atomic mass is 14.9. The van der Waals surface area contributed by atoms with Gasteiger partial charge in [-0.25, -0.2) is 0 Å². The van der Waals surface area contributed by atoms with Gasteiger partial charge in [0.1, 0.15) is 0 Å². The molecular weight excluding hydrogens is 206 g/mol. The molecule has 0 radical (unpaired) electrons. The first-order valence-corrected chi connectivity index (χ1v) is 7.08. The Kier molecular flexibility index (Phi) is 2.97. The van der Waals surface area contributed by atoms with Crippen molar-refractivity contribution < 1.29 is 0 Å². The number of nitrogens with one attached hydrogen (secondary N) is 1. The van der Waals surface area contributed by atoms with Crippen LogP contribution >= 0.6 is 0 Å². The highest BCUT2D eigenvalue weighted by Gasteiger charge is 2.45. The Hall–Kier alpha value is -0.300. The molecule has 0 unspecified atom stereocenters. The Balaban J connectivity index is 2.35. The molecule has 0 amide bonds. The SMILES string of the molecule is CC(C)(C)C1=C(C(C)(C)C)CC2(CCNC2)C1. The van der Waals surface area contributed by atoms with E-state index in [4.69, 9.17) is 0 Å². The normalized spacial score (nSPS) is 25.1. The largest absolute Gasteiger partial charge is 0.316 e. The van der Waals surface area contributed by atoms with Gasteiger partial charge in [-0.2, -0.15) is 0 Å². The summed E-state index contributed by atoms with van der Waals surface area (Å²) in [4.78, 5) is 0. The van der Waals surface area contributed by atoms with Crippen molar-refractivity contribution in [3.63, 3.8) is 0 Å². The summed E-state index contributed by atoms with van der Waals surface area (Å²) in [5.74, 6) is 0. The lowest BCUT2D eigenvalue weighted by molar-refractivity contribution is 0.316. The summed E-state index contributed by atoms with van der Waals surface area (Å²) in [6, 6.07) is 0. The van der Waals surface area contributed by atoms with Crippen molar-refractivity contribution >= 4 is 0 Å². The lowest BCUT2D eigenvalue weighted by Gasteiger charge is -2.29. The second-order valence-corrected chi connectivity index (χ2v) is 8.24. The first-order chi connectivity index (χ1) is 7.64. The minimum absolute atomic E-state index is 0.342. The number of hydrogen-bond donors (Lipinski definition) is 1. The van der Waals surface area contributed by atoms with Crippen molar-refractivity contribution in [3.8, 4) is 0 Å². The Bertz CT molecular complexity index is 302. The van der Waals surface area contributed by atoms with E-state index in [0.29, 0.717) is 16.2 Å². The van der Waals surface area contributed by atoms with E-state index >= 15 is 0 Å². The van der Waals surface area contributed by atoms with Gasteiger partial charge in [-0.05, 0) is 42.1 Å². The molecule has 2 rings (SSSR count). The van der Waals surface area contributed by atoms with E-state index in [9.17, 15) is 0 Å². The summed E-state index contributed by atoms with van der Waals surface area (Å²) in [6.07, 6.45) is 4.03. The average Bonchev–Trinajstić information content (AvgIpc) is 2.72. The van der Waals surface area contributed by atoms with Gasteiger partial charge in [-0.15, -0.1) is 0 Å². The third kappa shape index (κ3) is 2.45. The Labute approximate surface area is 107 Å². The highest BCUT2D eigenvalue weighted by molar-refractivity contribution is 5.33. The zero-order chi connectivity index (χ0) is 12.9. The van der Waals surface area contributed by atoms with Crippen LogP contribution in [0.3, 0.4) is 0 Å². The Morgan fingerprint density at radius 1 is 0.882 bits per heavy atom. The molecule has 1 aliphatic carbocycles. The summed E-state index contributed by atoms with van der Waals surface area (Å²) in [7, 11) is 0. The van der Waals surface area contributed by atoms with Crippen molar-refractivity contribution in [2.75, 3.05) is 13.1 Å². The number of hydrogen-bond acceptors (Lipinski definition) is 1. The smallest absolute Gasteiger partial charge is 0.00144 e. The second kappa shape index (κ2) is 3.85. The second-order valence-electron chi connectivity index (χ2n) is 8.24. The van der Waals surface area contributed by atoms with Crippen LogP contribution in [0.2, 0.25) is 0 Å². The fraction of sp³-hybridized carbons (Fsp3) is 0.875. The van der Waals surface area contributed by atoms with Crippen LogP contribution in [0.4, 0.5) is 0 Å². The van der Waals surface area contributed by atoms with Crippen molar-refractivity contribution in [1.29, 1.82) is 0 Å². The molecule has 98 valence electrons. The van der Waals surface area contributed by atoms with Crippen LogP contribution in [0.15, 0.2) is 11.1 Å². The maximum absolute atomic E-state index is 3.57. The molecule has 1 spiro atoms. The van der Waals surface area contributed by atoms with Gasteiger partial charge in [0, 0.05) is 6.54 Å². The van der Waals surface area contributed by atoms with Gasteiger partial charge >= 0.3 is 0 Å². The van der Waals surface area contributed by atoms with Crippen LogP contribution in [0.5, 0.6) is 0 Å². The zero-order valence-corrected chi connectivity index (χ0v) is 12.5. The van der Waals surface area contributed by atoms with E-state index in [1.807, 2.05) is 0 Å². The van der Waals surface area contributed by atoms with Crippen molar-refractivity contribution in [1.82, 2.24) is 5.32 Å². The van der Waals surface area contributed by atoms with Crippen molar-refractivity contribution in [2.45, 2.75) is 60.8 Å². The molecule has 0 aromatic rings. The minimum Gasteiger partial charge on any atom is -0.316 e. The van der Waals surface area contributed by atoms with E-state index in [-0.39, 0.29) is 0 Å². The summed E-state index contributed by atoms with van der Waals surface area (Å²) in [6.45, 7) is 16.8. The maximum atomic E-state index is 3.57. The van der Waals surface area contributed by atoms with Crippen LogP contribution in [0.25, 0.3) is 0 Å². The van der Waals surface area contributed by atoms with Gasteiger partial charge in [0.25, 0.3) is 0 Å². The third-order valence-corrected chi connectivity index (χ3v) is 4.61. The van der Waals surface area contributed by atoms with Gasteiger partial charge < -0.3 is 5.32 Å². The van der Waals surface area contributed by atoms with Crippen LogP contribution in [-0.4, -0.2) is 13.1 Å². The van der Waals surface area contributed by atoms with Crippen LogP contribution in [0, 0.1) is 16.2 Å². The van der Waals surface area contributed by atoms with Crippen LogP contribution in [-0.2, 0) is 0 Å². The molecule has 1 saturated heterocycles. The Morgan fingerprint density at radius 3 is 1.65 bits per heavy atom. The van der Waals surface area contributed by atoms with Crippen molar-refractivity contribution in [2.24, 2.45) is 16.2 Å². The quantitative estimate of drug-likeness (QED) is 0.622. The topological polar surface area (TPSA) is 12.0 Å². The molecule has 0 aromatic heterocycles. The molecule has 1 nitrogen and oxygen atoms in total. The predicted octanol–water partition coefficient (Wildman–Crippen LogP) is 4.15. The average molecular weight is 235 g/mol. The third-order valence-electron chi connectivity index (χ3n) is 4.61. The first kappa shape index (κ1) is 13.1. The summed E-state index contributed by atoms with van der Waals surface area (Å²) < 4.78 is 0. The molecule has 1 aliphatic heterocycles. The molecule has 2 aliphatic rings. The molecule has 0 atom stereocenters. The molecule has 17 heavy (non-hydrogen) atoms. The summed E-state index contributed by atoms with van der Waals surface area (Å²) in [5, 5.41) is 3.57.